The zero-order valence-corrected chi connectivity index (χ0v) is 14.1. The largest absolute Gasteiger partial charge is 0.455 e. The minimum Gasteiger partial charge on any atom is -0.455 e. The Hall–Kier alpha value is -2.79. The van der Waals surface area contributed by atoms with Crippen molar-refractivity contribution in [3.05, 3.63) is 24.0 Å². The quantitative estimate of drug-likeness (QED) is 0.395. The van der Waals surface area contributed by atoms with Crippen molar-refractivity contribution in [3.8, 4) is 0 Å². The Morgan fingerprint density at radius 3 is 2.88 bits per heavy atom. The molecule has 3 aliphatic heterocycles. The Kier molecular flexibility index (Phi) is 3.59. The number of nitrogens with one attached hydrogen (secondary N) is 1. The van der Waals surface area contributed by atoms with E-state index in [1.54, 1.807) is 23.2 Å². The SMILES string of the molecule is C[C@@H]1[C@@H](OC(=O)c2ccc[nH]2)CN2C(N)=NC(CO)C3N=C(N)N(O)C312. The van der Waals surface area contributed by atoms with Crippen molar-refractivity contribution in [2.24, 2.45) is 27.4 Å². The van der Waals surface area contributed by atoms with Gasteiger partial charge in [-0.2, -0.15) is 5.06 Å². The number of ether oxygens (including phenoxy) is 1. The molecule has 1 spiro atoms. The smallest absolute Gasteiger partial charge is 0.355 e. The predicted octanol–water partition coefficient (Wildman–Crippen LogP) is -1.73. The van der Waals surface area contributed by atoms with Crippen molar-refractivity contribution in [2.75, 3.05) is 13.2 Å². The molecule has 11 nitrogen and oxygen atoms in total. The molecule has 0 radical (unpaired) electrons. The van der Waals surface area contributed by atoms with Crippen molar-refractivity contribution in [3.63, 3.8) is 0 Å². The van der Waals surface area contributed by atoms with E-state index in [0.717, 1.165) is 5.06 Å². The zero-order valence-electron chi connectivity index (χ0n) is 14.1. The number of aromatic amines is 1. The van der Waals surface area contributed by atoms with Crippen molar-refractivity contribution in [2.45, 2.75) is 30.8 Å². The van der Waals surface area contributed by atoms with E-state index in [1.165, 1.54) is 0 Å². The van der Waals surface area contributed by atoms with Gasteiger partial charge in [-0.25, -0.2) is 14.8 Å². The highest BCUT2D eigenvalue weighted by Gasteiger charge is 2.68. The molecule has 7 N–H and O–H groups in total. The van der Waals surface area contributed by atoms with Crippen LogP contribution in [0.1, 0.15) is 17.4 Å². The highest BCUT2D eigenvalue weighted by atomic mass is 16.6. The van der Waals surface area contributed by atoms with Crippen LogP contribution in [0.2, 0.25) is 0 Å². The molecule has 0 bridgehead atoms. The number of carbonyl (C=O) groups is 1. The number of nitrogens with zero attached hydrogens (tertiary/aromatic N) is 4. The molecule has 4 rings (SSSR count). The minimum absolute atomic E-state index is 0.0912. The second-order valence-corrected chi connectivity index (χ2v) is 6.69. The molecule has 0 aromatic carbocycles. The normalized spacial score (nSPS) is 35.7. The Morgan fingerprint density at radius 1 is 1.46 bits per heavy atom. The summed E-state index contributed by atoms with van der Waals surface area (Å²) in [6.07, 6.45) is 1.04. The summed E-state index contributed by atoms with van der Waals surface area (Å²) in [6.45, 7) is 1.74. The van der Waals surface area contributed by atoms with Crippen LogP contribution in [0.4, 0.5) is 0 Å². The summed E-state index contributed by atoms with van der Waals surface area (Å²) in [4.78, 5) is 25.3. The standard InChI is InChI=1S/C15H21N7O4/c1-7-10(26-12(24)8-3-2-4-18-8)5-21-13(16)19-9(6-23)11-15(7,21)22(25)14(17)20-11/h2-4,7,9-11,18,23,25H,5-6H2,1H3,(H2,16,19)(H2,17,20)/t7-,9?,10+,11?,15?/m1/s1. The first-order valence-electron chi connectivity index (χ1n) is 8.29. The molecule has 0 saturated carbocycles. The number of aromatic nitrogens is 1. The molecule has 1 saturated heterocycles. The van der Waals surface area contributed by atoms with Crippen LogP contribution in [-0.4, -0.2) is 80.2 Å². The van der Waals surface area contributed by atoms with Gasteiger partial charge < -0.3 is 31.2 Å². The summed E-state index contributed by atoms with van der Waals surface area (Å²) in [7, 11) is 0. The number of H-pyrrole nitrogens is 1. The van der Waals surface area contributed by atoms with Crippen molar-refractivity contribution in [1.29, 1.82) is 0 Å². The fourth-order valence-electron chi connectivity index (χ4n) is 4.24. The second kappa shape index (κ2) is 5.61. The third kappa shape index (κ3) is 1.98. The van der Waals surface area contributed by atoms with Crippen LogP contribution < -0.4 is 11.5 Å². The molecular formula is C15H21N7O4. The van der Waals surface area contributed by atoms with Crippen LogP contribution in [0.15, 0.2) is 28.3 Å². The number of hydroxylamine groups is 2. The maximum absolute atomic E-state index is 12.3. The van der Waals surface area contributed by atoms with Gasteiger partial charge in [-0.15, -0.1) is 0 Å². The number of aliphatic imine (C=N–C) groups is 2. The Bertz CT molecular complexity index is 779. The molecule has 1 aromatic heterocycles. The first-order chi connectivity index (χ1) is 12.4. The van der Waals surface area contributed by atoms with E-state index in [1.807, 2.05) is 6.92 Å². The number of guanidine groups is 2. The number of esters is 1. The topological polar surface area (TPSA) is 166 Å². The molecule has 11 heteroatoms. The van der Waals surface area contributed by atoms with Crippen LogP contribution >= 0.6 is 0 Å². The Labute approximate surface area is 148 Å². The summed E-state index contributed by atoms with van der Waals surface area (Å²) in [5.41, 5.74) is 11.1. The van der Waals surface area contributed by atoms with Gasteiger partial charge in [0.05, 0.1) is 13.2 Å². The van der Waals surface area contributed by atoms with E-state index < -0.39 is 35.7 Å². The lowest BCUT2D eigenvalue weighted by molar-refractivity contribution is -0.170. The highest BCUT2D eigenvalue weighted by Crippen LogP contribution is 2.48. The number of nitrogens with two attached hydrogens (primary N) is 2. The Balaban J connectivity index is 1.69. The fourth-order valence-corrected chi connectivity index (χ4v) is 4.24. The van der Waals surface area contributed by atoms with Crippen LogP contribution in [0.5, 0.6) is 0 Å². The van der Waals surface area contributed by atoms with Gasteiger partial charge in [-0.3, -0.25) is 5.21 Å². The van der Waals surface area contributed by atoms with E-state index in [0.29, 0.717) is 5.69 Å². The van der Waals surface area contributed by atoms with Crippen molar-refractivity contribution < 1.29 is 19.8 Å². The van der Waals surface area contributed by atoms with E-state index in [9.17, 15) is 15.1 Å². The third-order valence-electron chi connectivity index (χ3n) is 5.49. The molecule has 0 amide bonds. The van der Waals surface area contributed by atoms with E-state index in [2.05, 4.69) is 15.0 Å². The van der Waals surface area contributed by atoms with Gasteiger partial charge in [-0.1, -0.05) is 6.92 Å². The highest BCUT2D eigenvalue weighted by molar-refractivity contribution is 5.88. The molecule has 140 valence electrons. The number of aliphatic hydroxyl groups excluding tert-OH is 1. The first kappa shape index (κ1) is 16.7. The average Bonchev–Trinajstić information content (AvgIpc) is 3.30. The lowest BCUT2D eigenvalue weighted by atomic mass is 9.83. The lowest BCUT2D eigenvalue weighted by Gasteiger charge is -2.48. The molecule has 4 heterocycles. The number of aliphatic hydroxyl groups is 1. The van der Waals surface area contributed by atoms with Gasteiger partial charge >= 0.3 is 5.97 Å². The van der Waals surface area contributed by atoms with Crippen LogP contribution in [0.3, 0.4) is 0 Å². The number of hydrogen-bond donors (Lipinski definition) is 5. The summed E-state index contributed by atoms with van der Waals surface area (Å²) in [5, 5.41) is 21.2. The van der Waals surface area contributed by atoms with Crippen molar-refractivity contribution in [1.82, 2.24) is 14.9 Å². The summed E-state index contributed by atoms with van der Waals surface area (Å²) in [5.74, 6) is -0.879. The molecule has 5 atom stereocenters. The van der Waals surface area contributed by atoms with Gasteiger partial charge in [0.25, 0.3) is 0 Å². The maximum atomic E-state index is 12.3. The number of carbonyl (C=O) groups excluding carboxylic acids is 1. The first-order valence-corrected chi connectivity index (χ1v) is 8.29. The van der Waals surface area contributed by atoms with Gasteiger partial charge in [0.15, 0.2) is 11.6 Å². The molecule has 0 aliphatic carbocycles. The van der Waals surface area contributed by atoms with E-state index in [-0.39, 0.29) is 25.1 Å². The van der Waals surface area contributed by atoms with Gasteiger partial charge in [0, 0.05) is 12.1 Å². The van der Waals surface area contributed by atoms with Gasteiger partial charge in [0.1, 0.15) is 23.9 Å². The van der Waals surface area contributed by atoms with E-state index in [4.69, 9.17) is 16.2 Å². The summed E-state index contributed by atoms with van der Waals surface area (Å²) >= 11 is 0. The summed E-state index contributed by atoms with van der Waals surface area (Å²) in [6, 6.07) is 2.02. The number of hydrogen-bond acceptors (Lipinski definition) is 10. The monoisotopic (exact) mass is 363 g/mol. The molecular weight excluding hydrogens is 342 g/mol. The second-order valence-electron chi connectivity index (χ2n) is 6.69. The van der Waals surface area contributed by atoms with Crippen LogP contribution in [-0.2, 0) is 4.74 Å². The fraction of sp³-hybridized carbons (Fsp3) is 0.533. The lowest BCUT2D eigenvalue weighted by Crippen LogP contribution is -2.71. The molecule has 3 aliphatic rings. The van der Waals surface area contributed by atoms with Gasteiger partial charge in [-0.05, 0) is 12.1 Å². The average molecular weight is 363 g/mol. The van der Waals surface area contributed by atoms with Crippen LogP contribution in [0.25, 0.3) is 0 Å². The summed E-state index contributed by atoms with van der Waals surface area (Å²) < 4.78 is 5.65. The predicted molar refractivity (Wildman–Crippen MR) is 90.1 cm³/mol. The van der Waals surface area contributed by atoms with Crippen molar-refractivity contribution >= 4 is 17.9 Å². The number of rotatable bonds is 3. The minimum atomic E-state index is -1.16. The molecule has 26 heavy (non-hydrogen) atoms. The maximum Gasteiger partial charge on any atom is 0.355 e. The van der Waals surface area contributed by atoms with Crippen LogP contribution in [0, 0.1) is 5.92 Å². The Morgan fingerprint density at radius 2 is 2.23 bits per heavy atom. The van der Waals surface area contributed by atoms with E-state index >= 15 is 0 Å². The molecule has 1 fully saturated rings. The molecule has 1 aromatic rings. The molecule has 3 unspecified atom stereocenters. The zero-order chi connectivity index (χ0) is 18.6. The van der Waals surface area contributed by atoms with Gasteiger partial charge in [0.2, 0.25) is 5.96 Å². The third-order valence-corrected chi connectivity index (χ3v) is 5.49.